The third kappa shape index (κ3) is 25.4. The van der Waals surface area contributed by atoms with E-state index in [4.69, 9.17) is 14.2 Å². The minimum absolute atomic E-state index is 0.0119. The zero-order valence-corrected chi connectivity index (χ0v) is 36.7. The number of carboxylic acids is 2. The van der Waals surface area contributed by atoms with Gasteiger partial charge in [0.05, 0.1) is 23.2 Å². The van der Waals surface area contributed by atoms with Crippen LogP contribution >= 0.6 is 0 Å². The van der Waals surface area contributed by atoms with Gasteiger partial charge in [-0.05, 0) is 65.0 Å². The van der Waals surface area contributed by atoms with Crippen LogP contribution in [0.2, 0.25) is 0 Å². The van der Waals surface area contributed by atoms with E-state index in [-0.39, 0.29) is 44.1 Å². The van der Waals surface area contributed by atoms with Crippen molar-refractivity contribution in [3.05, 3.63) is 0 Å². The summed E-state index contributed by atoms with van der Waals surface area (Å²) in [5.41, 5.74) is -0.954. The third-order valence-electron chi connectivity index (χ3n) is 11.8. The first kappa shape index (κ1) is 52.3. The lowest BCUT2D eigenvalue weighted by Crippen LogP contribution is -2.32. The summed E-state index contributed by atoms with van der Waals surface area (Å²) in [7, 11) is 1.96. The van der Waals surface area contributed by atoms with E-state index in [1.807, 2.05) is 7.05 Å². The minimum atomic E-state index is -0.954. The van der Waals surface area contributed by atoms with Crippen molar-refractivity contribution < 1.29 is 48.4 Å². The molecule has 0 aromatic rings. The summed E-state index contributed by atoms with van der Waals surface area (Å²) in [6, 6.07) is 0. The first-order valence-corrected chi connectivity index (χ1v) is 23.1. The van der Waals surface area contributed by atoms with Gasteiger partial charge in [-0.3, -0.25) is 24.0 Å². The van der Waals surface area contributed by atoms with Crippen LogP contribution in [0.3, 0.4) is 0 Å². The predicted octanol–water partition coefficient (Wildman–Crippen LogP) is 10.5. The average Bonchev–Trinajstić information content (AvgIpc) is 3.63. The fraction of sp³-hybridized carbons (Fsp3) is 0.891. The topological polar surface area (TPSA) is 157 Å². The normalized spacial score (nSPS) is 16.5. The number of hydrogen-bond acceptors (Lipinski definition) is 9. The van der Waals surface area contributed by atoms with Crippen LogP contribution in [-0.4, -0.2) is 84.9 Å². The summed E-state index contributed by atoms with van der Waals surface area (Å²) in [5, 5.41) is 20.3. The quantitative estimate of drug-likeness (QED) is 0.0347. The van der Waals surface area contributed by atoms with Crippen LogP contribution in [0.4, 0.5) is 0 Å². The molecule has 4 atom stereocenters. The van der Waals surface area contributed by atoms with Crippen molar-refractivity contribution in [3.63, 3.8) is 0 Å². The lowest BCUT2D eigenvalue weighted by Gasteiger charge is -2.30. The summed E-state index contributed by atoms with van der Waals surface area (Å²) in [6.07, 6.45) is 23.4. The molecule has 11 nitrogen and oxygen atoms in total. The van der Waals surface area contributed by atoms with Crippen molar-refractivity contribution >= 4 is 29.8 Å². The molecule has 1 aliphatic heterocycles. The van der Waals surface area contributed by atoms with Crippen molar-refractivity contribution in [2.75, 3.05) is 40.0 Å². The third-order valence-corrected chi connectivity index (χ3v) is 11.8. The van der Waals surface area contributed by atoms with Crippen LogP contribution in [0.25, 0.3) is 0 Å². The van der Waals surface area contributed by atoms with Crippen LogP contribution in [0.1, 0.15) is 201 Å². The second-order valence-corrected chi connectivity index (χ2v) is 17.1. The molecule has 0 aromatic carbocycles. The largest absolute Gasteiger partial charge is 0.481 e. The number of nitrogens with zero attached hydrogens (tertiary/aromatic N) is 1. The SMILES string of the molecule is CCCCCCCCCCCC(=O)OCC(COC(=O)CCCCC(CCCCCC)(CCCC(CCCCCC)C(=O)O)C(=O)O)COC(=O)C1CCN(C)C1. The highest BCUT2D eigenvalue weighted by Crippen LogP contribution is 2.38. The number of aliphatic carboxylic acids is 2. The zero-order valence-electron chi connectivity index (χ0n) is 36.7. The molecule has 0 amide bonds. The van der Waals surface area contributed by atoms with Crippen LogP contribution in [0.15, 0.2) is 0 Å². The molecule has 0 spiro atoms. The molecule has 0 aromatic heterocycles. The number of esters is 3. The van der Waals surface area contributed by atoms with E-state index in [0.717, 1.165) is 83.6 Å². The van der Waals surface area contributed by atoms with Crippen molar-refractivity contribution in [2.24, 2.45) is 23.2 Å². The number of carboxylic acid groups (broad SMARTS) is 2. The lowest BCUT2D eigenvalue weighted by molar-refractivity contribution is -0.155. The molecular formula is C46H83NO10. The Morgan fingerprint density at radius 1 is 0.596 bits per heavy atom. The molecule has 2 N–H and O–H groups in total. The van der Waals surface area contributed by atoms with Gasteiger partial charge in [-0.2, -0.15) is 0 Å². The molecule has 1 saturated heterocycles. The van der Waals surface area contributed by atoms with Crippen LogP contribution in [0, 0.1) is 23.2 Å². The Labute approximate surface area is 346 Å². The van der Waals surface area contributed by atoms with Crippen molar-refractivity contribution in [3.8, 4) is 0 Å². The summed E-state index contributed by atoms with van der Waals surface area (Å²) in [5.74, 6) is -3.82. The Morgan fingerprint density at radius 2 is 1.04 bits per heavy atom. The first-order valence-electron chi connectivity index (χ1n) is 23.1. The molecule has 1 heterocycles. The van der Waals surface area contributed by atoms with Crippen LogP contribution < -0.4 is 0 Å². The molecule has 57 heavy (non-hydrogen) atoms. The van der Waals surface area contributed by atoms with E-state index in [0.29, 0.717) is 64.3 Å². The molecule has 0 bridgehead atoms. The molecule has 1 rings (SSSR count). The maximum Gasteiger partial charge on any atom is 0.310 e. The number of ether oxygens (including phenoxy) is 3. The summed E-state index contributed by atoms with van der Waals surface area (Å²) >= 11 is 0. The number of rotatable bonds is 38. The van der Waals surface area contributed by atoms with Crippen LogP contribution in [0.5, 0.6) is 0 Å². The van der Waals surface area contributed by atoms with Gasteiger partial charge in [0.15, 0.2) is 0 Å². The zero-order chi connectivity index (χ0) is 42.2. The second-order valence-electron chi connectivity index (χ2n) is 17.1. The fourth-order valence-electron chi connectivity index (χ4n) is 7.95. The number of hydrogen-bond donors (Lipinski definition) is 2. The van der Waals surface area contributed by atoms with Gasteiger partial charge in [0.1, 0.15) is 19.8 Å². The molecule has 1 aliphatic rings. The molecular weight excluding hydrogens is 727 g/mol. The summed E-state index contributed by atoms with van der Waals surface area (Å²) in [6.45, 7) is 7.83. The Bertz CT molecular complexity index is 1100. The lowest BCUT2D eigenvalue weighted by atomic mass is 9.73. The molecule has 0 aliphatic carbocycles. The van der Waals surface area contributed by atoms with Crippen molar-refractivity contribution in [2.45, 2.75) is 201 Å². The van der Waals surface area contributed by atoms with E-state index in [1.54, 1.807) is 0 Å². The minimum Gasteiger partial charge on any atom is -0.481 e. The van der Waals surface area contributed by atoms with Crippen molar-refractivity contribution in [1.29, 1.82) is 0 Å². The highest BCUT2D eigenvalue weighted by Gasteiger charge is 2.37. The Hall–Kier alpha value is -2.69. The van der Waals surface area contributed by atoms with E-state index < -0.39 is 35.2 Å². The molecule has 1 fully saturated rings. The Morgan fingerprint density at radius 3 is 1.54 bits per heavy atom. The molecule has 11 heteroatoms. The molecule has 4 unspecified atom stereocenters. The number of carbonyl (C=O) groups excluding carboxylic acids is 3. The van der Waals surface area contributed by atoms with E-state index >= 15 is 0 Å². The second kappa shape index (κ2) is 33.2. The predicted molar refractivity (Wildman–Crippen MR) is 225 cm³/mol. The van der Waals surface area contributed by atoms with Gasteiger partial charge in [-0.1, -0.05) is 136 Å². The molecule has 0 radical (unpaired) electrons. The monoisotopic (exact) mass is 810 g/mol. The Kier molecular flexibility index (Phi) is 30.5. The van der Waals surface area contributed by atoms with Gasteiger partial charge in [-0.15, -0.1) is 0 Å². The average molecular weight is 810 g/mol. The first-order chi connectivity index (χ1) is 27.5. The smallest absolute Gasteiger partial charge is 0.310 e. The number of likely N-dealkylation sites (tertiary alicyclic amines) is 1. The maximum atomic E-state index is 12.9. The van der Waals surface area contributed by atoms with Gasteiger partial charge in [0, 0.05) is 19.4 Å². The molecule has 0 saturated carbocycles. The van der Waals surface area contributed by atoms with Gasteiger partial charge < -0.3 is 29.3 Å². The number of carbonyl (C=O) groups is 5. The van der Waals surface area contributed by atoms with Crippen molar-refractivity contribution in [1.82, 2.24) is 4.90 Å². The highest BCUT2D eigenvalue weighted by molar-refractivity contribution is 5.75. The fourth-order valence-corrected chi connectivity index (χ4v) is 7.95. The molecule has 332 valence electrons. The standard InChI is InChI=1S/C46H83NO10/c1-5-8-11-14-15-16-17-18-20-27-41(48)55-35-38(37-57-44(52)40-29-33-47(4)34-40)36-56-42(49)28-21-23-31-46(45(53)54,30-22-13-10-7-3)32-24-26-39(43(50)51)25-19-12-9-6-2/h38-40H,5-37H2,1-4H3,(H,50,51)(H,53,54). The van der Waals surface area contributed by atoms with Gasteiger partial charge >= 0.3 is 29.8 Å². The van der Waals surface area contributed by atoms with Gasteiger partial charge in [0.2, 0.25) is 0 Å². The van der Waals surface area contributed by atoms with E-state index in [9.17, 15) is 34.2 Å². The Balaban J connectivity index is 2.69. The summed E-state index contributed by atoms with van der Waals surface area (Å²) in [4.78, 5) is 65.0. The highest BCUT2D eigenvalue weighted by atomic mass is 16.6. The summed E-state index contributed by atoms with van der Waals surface area (Å²) < 4.78 is 16.8. The van der Waals surface area contributed by atoms with E-state index in [2.05, 4.69) is 25.7 Å². The van der Waals surface area contributed by atoms with Crippen LogP contribution in [-0.2, 0) is 38.2 Å². The van der Waals surface area contributed by atoms with Gasteiger partial charge in [-0.25, -0.2) is 0 Å². The maximum absolute atomic E-state index is 12.9. The number of unbranched alkanes of at least 4 members (excludes halogenated alkanes) is 15. The van der Waals surface area contributed by atoms with E-state index in [1.165, 1.54) is 38.5 Å². The van der Waals surface area contributed by atoms with Gasteiger partial charge in [0.25, 0.3) is 0 Å².